The fraction of sp³-hybridized carbons (Fsp3) is 0.750. The van der Waals surface area contributed by atoms with E-state index in [1.165, 1.54) is 0 Å². The van der Waals surface area contributed by atoms with Crippen molar-refractivity contribution in [2.45, 2.75) is 64.3 Å². The summed E-state index contributed by atoms with van der Waals surface area (Å²) in [5.74, 6) is 0. The lowest BCUT2D eigenvalue weighted by Crippen LogP contribution is -2.40. The van der Waals surface area contributed by atoms with Crippen LogP contribution in [0.5, 0.6) is 0 Å². The van der Waals surface area contributed by atoms with Crippen LogP contribution < -0.4 is 0 Å². The van der Waals surface area contributed by atoms with E-state index < -0.39 is 8.32 Å². The molecule has 1 aliphatic heterocycles. The lowest BCUT2D eigenvalue weighted by molar-refractivity contribution is 0.102. The Morgan fingerprint density at radius 2 is 2.05 bits per heavy atom. The average Bonchev–Trinajstić information content (AvgIpc) is 2.33. The molecule has 0 amide bonds. The normalized spacial score (nSPS) is 21.2. The summed E-state index contributed by atoms with van der Waals surface area (Å²) in [6.07, 6.45) is 12.2. The van der Waals surface area contributed by atoms with Crippen molar-refractivity contribution >= 4 is 8.32 Å². The largest absolute Gasteiger partial charge is 0.417 e. The Hall–Kier alpha value is -0.383. The van der Waals surface area contributed by atoms with Crippen molar-refractivity contribution in [3.05, 3.63) is 24.3 Å². The molecule has 1 unspecified atom stereocenters. The zero-order valence-electron chi connectivity index (χ0n) is 13.2. The van der Waals surface area contributed by atoms with E-state index in [1.807, 2.05) is 0 Å². The van der Waals surface area contributed by atoms with E-state index in [2.05, 4.69) is 58.2 Å². The van der Waals surface area contributed by atoms with Gasteiger partial charge in [0.2, 0.25) is 0 Å². The van der Waals surface area contributed by atoms with Gasteiger partial charge in [0.15, 0.2) is 8.32 Å². The molecule has 0 radical (unpaired) electrons. The highest BCUT2D eigenvalue weighted by atomic mass is 28.4. The van der Waals surface area contributed by atoms with Gasteiger partial charge in [-0.05, 0) is 37.4 Å². The summed E-state index contributed by atoms with van der Waals surface area (Å²) in [4.78, 5) is 0. The SMILES string of the molecule is CC(C)(C)[Si](C)(C)OCCC/C=C/C1CC=CCO1. The lowest BCUT2D eigenvalue weighted by Gasteiger charge is -2.36. The van der Waals surface area contributed by atoms with Gasteiger partial charge >= 0.3 is 0 Å². The van der Waals surface area contributed by atoms with Gasteiger partial charge in [-0.15, -0.1) is 0 Å². The molecule has 0 aromatic carbocycles. The monoisotopic (exact) mass is 282 g/mol. The molecule has 1 aliphatic rings. The highest BCUT2D eigenvalue weighted by Crippen LogP contribution is 2.36. The maximum atomic E-state index is 6.15. The molecule has 2 nitrogen and oxygen atoms in total. The van der Waals surface area contributed by atoms with E-state index in [1.54, 1.807) is 0 Å². The molecule has 0 saturated heterocycles. The Balaban J connectivity index is 2.14. The number of unbranched alkanes of at least 4 members (excludes halogenated alkanes) is 1. The Morgan fingerprint density at radius 3 is 2.63 bits per heavy atom. The van der Waals surface area contributed by atoms with Crippen molar-refractivity contribution in [1.29, 1.82) is 0 Å². The van der Waals surface area contributed by atoms with Crippen LogP contribution in [0.3, 0.4) is 0 Å². The maximum Gasteiger partial charge on any atom is 0.191 e. The van der Waals surface area contributed by atoms with E-state index in [-0.39, 0.29) is 6.10 Å². The zero-order chi connectivity index (χ0) is 14.4. The summed E-state index contributed by atoms with van der Waals surface area (Å²) in [5, 5.41) is 0.311. The summed E-state index contributed by atoms with van der Waals surface area (Å²) < 4.78 is 11.7. The first-order chi connectivity index (χ1) is 8.83. The molecule has 0 saturated carbocycles. The van der Waals surface area contributed by atoms with Crippen LogP contribution >= 0.6 is 0 Å². The van der Waals surface area contributed by atoms with Gasteiger partial charge < -0.3 is 9.16 Å². The van der Waals surface area contributed by atoms with Gasteiger partial charge in [0.05, 0.1) is 12.7 Å². The van der Waals surface area contributed by atoms with Gasteiger partial charge in [-0.2, -0.15) is 0 Å². The Bertz CT molecular complexity index is 313. The molecule has 0 aromatic heterocycles. The molecule has 110 valence electrons. The Kier molecular flexibility index (Phi) is 6.50. The third-order valence-corrected chi connectivity index (χ3v) is 8.61. The summed E-state index contributed by atoms with van der Waals surface area (Å²) in [6.45, 7) is 13.1. The second kappa shape index (κ2) is 7.41. The third kappa shape index (κ3) is 6.06. The van der Waals surface area contributed by atoms with Crippen molar-refractivity contribution in [2.24, 2.45) is 0 Å². The van der Waals surface area contributed by atoms with Crippen LogP contribution in [0.15, 0.2) is 24.3 Å². The third-order valence-electron chi connectivity index (χ3n) is 4.08. The van der Waals surface area contributed by atoms with Crippen molar-refractivity contribution in [2.75, 3.05) is 13.2 Å². The van der Waals surface area contributed by atoms with Crippen LogP contribution in [0.2, 0.25) is 18.1 Å². The molecule has 1 rings (SSSR count). The first kappa shape index (κ1) is 16.7. The van der Waals surface area contributed by atoms with Gasteiger partial charge in [-0.3, -0.25) is 0 Å². The molecule has 19 heavy (non-hydrogen) atoms. The van der Waals surface area contributed by atoms with Crippen molar-refractivity contribution in [3.63, 3.8) is 0 Å². The Morgan fingerprint density at radius 1 is 1.32 bits per heavy atom. The fourth-order valence-electron chi connectivity index (χ4n) is 1.67. The fourth-order valence-corrected chi connectivity index (χ4v) is 2.76. The van der Waals surface area contributed by atoms with Gasteiger partial charge in [0, 0.05) is 6.61 Å². The van der Waals surface area contributed by atoms with E-state index in [9.17, 15) is 0 Å². The van der Waals surface area contributed by atoms with E-state index in [0.29, 0.717) is 5.04 Å². The van der Waals surface area contributed by atoms with Gasteiger partial charge in [-0.25, -0.2) is 0 Å². The molecular formula is C16H30O2Si. The van der Waals surface area contributed by atoms with Gasteiger partial charge in [0.25, 0.3) is 0 Å². The quantitative estimate of drug-likeness (QED) is 0.400. The number of hydrogen-bond donors (Lipinski definition) is 0. The van der Waals surface area contributed by atoms with Gasteiger partial charge in [0.1, 0.15) is 0 Å². The van der Waals surface area contributed by atoms with Crippen LogP contribution in [0, 0.1) is 0 Å². The summed E-state index contributed by atoms with van der Waals surface area (Å²) in [6, 6.07) is 0. The van der Waals surface area contributed by atoms with Crippen LogP contribution in [0.4, 0.5) is 0 Å². The zero-order valence-corrected chi connectivity index (χ0v) is 14.2. The lowest BCUT2D eigenvalue weighted by atomic mass is 10.1. The van der Waals surface area contributed by atoms with Crippen LogP contribution in [0.25, 0.3) is 0 Å². The molecule has 0 fully saturated rings. The van der Waals surface area contributed by atoms with E-state index in [0.717, 1.165) is 32.5 Å². The predicted octanol–water partition coefficient (Wildman–Crippen LogP) is 4.69. The molecule has 0 spiro atoms. The molecule has 1 heterocycles. The van der Waals surface area contributed by atoms with Crippen LogP contribution in [0.1, 0.15) is 40.0 Å². The maximum absolute atomic E-state index is 6.15. The number of hydrogen-bond acceptors (Lipinski definition) is 2. The number of ether oxygens (including phenoxy) is 1. The molecule has 1 atom stereocenters. The molecular weight excluding hydrogens is 252 g/mol. The molecule has 0 N–H and O–H groups in total. The highest BCUT2D eigenvalue weighted by molar-refractivity contribution is 6.74. The van der Waals surface area contributed by atoms with Crippen molar-refractivity contribution in [1.82, 2.24) is 0 Å². The summed E-state index contributed by atoms with van der Waals surface area (Å²) >= 11 is 0. The molecule has 0 bridgehead atoms. The first-order valence-corrected chi connectivity index (χ1v) is 10.3. The number of allylic oxidation sites excluding steroid dienone is 1. The topological polar surface area (TPSA) is 18.5 Å². The van der Waals surface area contributed by atoms with Crippen LogP contribution in [-0.2, 0) is 9.16 Å². The standard InChI is InChI=1S/C16H30O2Si/c1-16(2,3)19(4,5)18-14-9-6-7-11-15-12-8-10-13-17-15/h7-8,10-11,15H,6,9,12-14H2,1-5H3/b11-7+. The number of rotatable bonds is 6. The second-order valence-corrected chi connectivity index (χ2v) is 11.6. The molecule has 3 heteroatoms. The second-order valence-electron chi connectivity index (χ2n) is 6.76. The predicted molar refractivity (Wildman–Crippen MR) is 85.0 cm³/mol. The smallest absolute Gasteiger partial charge is 0.191 e. The summed E-state index contributed by atoms with van der Waals surface area (Å²) in [5.41, 5.74) is 0. The van der Waals surface area contributed by atoms with Gasteiger partial charge in [-0.1, -0.05) is 45.1 Å². The minimum Gasteiger partial charge on any atom is -0.417 e. The van der Waals surface area contributed by atoms with Crippen molar-refractivity contribution < 1.29 is 9.16 Å². The Labute approximate surface area is 120 Å². The highest BCUT2D eigenvalue weighted by Gasteiger charge is 2.36. The van der Waals surface area contributed by atoms with Crippen LogP contribution in [-0.4, -0.2) is 27.6 Å². The van der Waals surface area contributed by atoms with E-state index >= 15 is 0 Å². The average molecular weight is 282 g/mol. The minimum absolute atomic E-state index is 0.284. The minimum atomic E-state index is -1.56. The molecule has 0 aliphatic carbocycles. The summed E-state index contributed by atoms with van der Waals surface area (Å²) in [7, 11) is -1.56. The van der Waals surface area contributed by atoms with E-state index in [4.69, 9.17) is 9.16 Å². The first-order valence-electron chi connectivity index (χ1n) is 7.40. The van der Waals surface area contributed by atoms with Crippen molar-refractivity contribution in [3.8, 4) is 0 Å². The molecule has 0 aromatic rings.